The van der Waals surface area contributed by atoms with Gasteiger partial charge in [0.2, 0.25) is 0 Å². The van der Waals surface area contributed by atoms with Gasteiger partial charge in [-0.3, -0.25) is 0 Å². The van der Waals surface area contributed by atoms with E-state index in [9.17, 15) is 4.79 Å². The quantitative estimate of drug-likeness (QED) is 0.103. The monoisotopic (exact) mass is 675 g/mol. The van der Waals surface area contributed by atoms with Gasteiger partial charge in [-0.1, -0.05) is 68.3 Å². The first-order valence-corrected chi connectivity index (χ1v) is 17.4. The maximum atomic E-state index is 12.6. The lowest BCUT2D eigenvalue weighted by atomic mass is 9.98. The van der Waals surface area contributed by atoms with Crippen molar-refractivity contribution in [2.45, 2.75) is 32.1 Å². The Morgan fingerprint density at radius 3 is 1.33 bits per heavy atom. The van der Waals surface area contributed by atoms with Crippen LogP contribution in [0.3, 0.4) is 0 Å². The maximum absolute atomic E-state index is 12.6. The van der Waals surface area contributed by atoms with Crippen molar-refractivity contribution in [3.05, 3.63) is 59.7 Å². The van der Waals surface area contributed by atoms with Crippen molar-refractivity contribution in [2.75, 3.05) is 126 Å². The lowest BCUT2D eigenvalue weighted by molar-refractivity contribution is -0.0234. The second kappa shape index (κ2) is 26.3. The van der Waals surface area contributed by atoms with E-state index in [4.69, 9.17) is 42.6 Å². The molecule has 0 fully saturated rings. The molecule has 1 aliphatic carbocycles. The van der Waals surface area contributed by atoms with Crippen LogP contribution in [0.1, 0.15) is 43.2 Å². The molecule has 0 aromatic heterocycles. The molecule has 0 unspecified atom stereocenters. The lowest BCUT2D eigenvalue weighted by Crippen LogP contribution is -2.32. The van der Waals surface area contributed by atoms with Crippen LogP contribution in [-0.4, -0.2) is 137 Å². The van der Waals surface area contributed by atoms with E-state index < -0.39 is 0 Å². The van der Waals surface area contributed by atoms with Crippen molar-refractivity contribution in [1.82, 2.24) is 4.90 Å². The van der Waals surface area contributed by atoms with Crippen molar-refractivity contribution in [3.8, 4) is 11.1 Å². The molecular weight excluding hydrogens is 618 g/mol. The van der Waals surface area contributed by atoms with Gasteiger partial charge in [0.1, 0.15) is 6.61 Å². The second-order valence-electron chi connectivity index (χ2n) is 11.3. The predicted molar refractivity (Wildman–Crippen MR) is 184 cm³/mol. The highest BCUT2D eigenvalue weighted by Gasteiger charge is 2.29. The summed E-state index contributed by atoms with van der Waals surface area (Å²) in [6, 6.07) is 16.6. The Balaban J connectivity index is 1.02. The highest BCUT2D eigenvalue weighted by atomic mass is 16.6. The number of carbonyl (C=O) groups excluding carboxylic acids is 1. The van der Waals surface area contributed by atoms with Gasteiger partial charge in [-0.15, -0.1) is 0 Å². The first-order chi connectivity index (χ1) is 23.7. The van der Waals surface area contributed by atoms with Gasteiger partial charge in [0.25, 0.3) is 0 Å². The third-order valence-electron chi connectivity index (χ3n) is 7.72. The number of unbranched alkanes of at least 4 members (excludes halogenated alkanes) is 2. The minimum Gasteiger partial charge on any atom is -0.448 e. The zero-order chi connectivity index (χ0) is 33.9. The molecule has 2 aromatic carbocycles. The molecule has 0 N–H and O–H groups in total. The average Bonchev–Trinajstić information content (AvgIpc) is 3.43. The van der Waals surface area contributed by atoms with Crippen molar-refractivity contribution < 1.29 is 47.4 Å². The highest BCUT2D eigenvalue weighted by Crippen LogP contribution is 2.44. The Bertz CT molecular complexity index is 1060. The fourth-order valence-corrected chi connectivity index (χ4v) is 5.09. The number of nitrogens with zero attached hydrogens (tertiary/aromatic N) is 1. The molecule has 1 amide bonds. The van der Waals surface area contributed by atoms with Crippen LogP contribution in [0.2, 0.25) is 0 Å². The number of ether oxygens (including phenoxy) is 9. The van der Waals surface area contributed by atoms with Crippen LogP contribution in [0.4, 0.5) is 4.79 Å². The van der Waals surface area contributed by atoms with E-state index in [1.807, 2.05) is 24.3 Å². The van der Waals surface area contributed by atoms with E-state index in [1.54, 1.807) is 7.05 Å². The van der Waals surface area contributed by atoms with Crippen LogP contribution in [0.15, 0.2) is 48.5 Å². The van der Waals surface area contributed by atoms with E-state index in [0.717, 1.165) is 13.0 Å². The third-order valence-corrected chi connectivity index (χ3v) is 7.72. The van der Waals surface area contributed by atoms with E-state index >= 15 is 0 Å². The van der Waals surface area contributed by atoms with Crippen molar-refractivity contribution >= 4 is 6.09 Å². The average molecular weight is 676 g/mol. The van der Waals surface area contributed by atoms with Gasteiger partial charge in [-0.05, 0) is 28.7 Å². The molecule has 0 radical (unpaired) electrons. The first-order valence-electron chi connectivity index (χ1n) is 17.4. The molecule has 0 saturated carbocycles. The summed E-state index contributed by atoms with van der Waals surface area (Å²) in [5.41, 5.74) is 4.81. The van der Waals surface area contributed by atoms with Gasteiger partial charge in [-0.2, -0.15) is 0 Å². The Kier molecular flexibility index (Phi) is 21.8. The summed E-state index contributed by atoms with van der Waals surface area (Å²) in [5.74, 6) is 0.0445. The van der Waals surface area contributed by atoms with Crippen LogP contribution in [0.5, 0.6) is 0 Å². The molecule has 11 nitrogen and oxygen atoms in total. The minimum atomic E-state index is -0.359. The summed E-state index contributed by atoms with van der Waals surface area (Å²) in [4.78, 5) is 14.1. The Hall–Kier alpha value is -2.61. The highest BCUT2D eigenvalue weighted by molar-refractivity contribution is 5.79. The van der Waals surface area contributed by atoms with Crippen molar-refractivity contribution in [1.29, 1.82) is 0 Å². The van der Waals surface area contributed by atoms with Gasteiger partial charge in [0.15, 0.2) is 0 Å². The lowest BCUT2D eigenvalue weighted by Gasteiger charge is -2.19. The second-order valence-corrected chi connectivity index (χ2v) is 11.3. The minimum absolute atomic E-state index is 0.0445. The summed E-state index contributed by atoms with van der Waals surface area (Å²) in [6.07, 6.45) is 3.17. The van der Waals surface area contributed by atoms with E-state index in [2.05, 4.69) is 31.2 Å². The number of hydrogen-bond acceptors (Lipinski definition) is 10. The molecule has 0 aliphatic heterocycles. The molecule has 0 atom stereocenters. The van der Waals surface area contributed by atoms with Crippen molar-refractivity contribution in [3.63, 3.8) is 0 Å². The fraction of sp³-hybridized carbons (Fsp3) is 0.649. The van der Waals surface area contributed by atoms with Gasteiger partial charge >= 0.3 is 6.09 Å². The molecule has 2 aromatic rings. The fourth-order valence-electron chi connectivity index (χ4n) is 5.09. The molecular formula is C37H57NO10. The van der Waals surface area contributed by atoms with Gasteiger partial charge < -0.3 is 47.5 Å². The maximum Gasteiger partial charge on any atom is 0.409 e. The van der Waals surface area contributed by atoms with Crippen molar-refractivity contribution in [2.24, 2.45) is 0 Å². The summed E-state index contributed by atoms with van der Waals surface area (Å²) in [6.45, 7) is 11.4. The Labute approximate surface area is 287 Å². The van der Waals surface area contributed by atoms with Gasteiger partial charge in [0.05, 0.1) is 99.1 Å². The molecule has 0 spiro atoms. The summed E-state index contributed by atoms with van der Waals surface area (Å²) in [5, 5.41) is 0. The van der Waals surface area contributed by atoms with Crippen LogP contribution >= 0.6 is 0 Å². The summed E-state index contributed by atoms with van der Waals surface area (Å²) < 4.78 is 49.8. The van der Waals surface area contributed by atoms with Crippen LogP contribution < -0.4 is 0 Å². The summed E-state index contributed by atoms with van der Waals surface area (Å²) >= 11 is 0. The molecule has 0 saturated heterocycles. The number of benzene rings is 2. The number of hydrogen-bond donors (Lipinski definition) is 0. The zero-order valence-electron chi connectivity index (χ0n) is 29.1. The number of rotatable bonds is 30. The van der Waals surface area contributed by atoms with E-state index in [1.165, 1.54) is 40.0 Å². The number of likely N-dealkylation sites (N-methyl/N-ethyl adjacent to an activating group) is 1. The largest absolute Gasteiger partial charge is 0.448 e. The van der Waals surface area contributed by atoms with Crippen LogP contribution in [0.25, 0.3) is 11.1 Å². The number of carbonyl (C=O) groups is 1. The predicted octanol–water partition coefficient (Wildman–Crippen LogP) is 5.19. The molecule has 11 heteroatoms. The Morgan fingerprint density at radius 1 is 0.542 bits per heavy atom. The molecule has 0 heterocycles. The number of fused-ring (bicyclic) bond motifs is 3. The van der Waals surface area contributed by atoms with E-state index in [0.29, 0.717) is 112 Å². The first kappa shape index (κ1) is 39.8. The third kappa shape index (κ3) is 16.2. The molecule has 270 valence electrons. The van der Waals surface area contributed by atoms with E-state index in [-0.39, 0.29) is 12.0 Å². The van der Waals surface area contributed by atoms with Gasteiger partial charge in [-0.25, -0.2) is 4.79 Å². The molecule has 3 rings (SSSR count). The SMILES string of the molecule is CCCCCOCCOCCOCCOCCOCCOCCOCCOCCN(C)C(=O)OCC1c2ccccc2-c2ccccc21. The molecule has 1 aliphatic rings. The van der Waals surface area contributed by atoms with Crippen LogP contribution in [-0.2, 0) is 42.6 Å². The smallest absolute Gasteiger partial charge is 0.409 e. The standard InChI is InChI=1S/C37H57NO10/c1-3-4-9-15-40-17-19-42-21-23-44-25-27-46-29-30-47-28-26-45-24-22-43-20-18-41-16-14-38(2)37(39)48-31-36-34-12-7-5-10-32(34)33-11-6-8-13-35(33)36/h5-8,10-13,36H,3-4,9,14-31H2,1-2H3. The van der Waals surface area contributed by atoms with Gasteiger partial charge in [0, 0.05) is 26.1 Å². The Morgan fingerprint density at radius 2 is 0.917 bits per heavy atom. The number of amides is 1. The molecule has 48 heavy (non-hydrogen) atoms. The summed E-state index contributed by atoms with van der Waals surface area (Å²) in [7, 11) is 1.72. The molecule has 0 bridgehead atoms. The van der Waals surface area contributed by atoms with Crippen LogP contribution in [0, 0.1) is 0 Å². The topological polar surface area (TPSA) is 103 Å². The zero-order valence-corrected chi connectivity index (χ0v) is 29.1. The normalized spacial score (nSPS) is 12.3.